The van der Waals surface area contributed by atoms with E-state index in [1.54, 1.807) is 24.3 Å². The lowest BCUT2D eigenvalue weighted by molar-refractivity contribution is -0.0495. The van der Waals surface area contributed by atoms with Gasteiger partial charge in [0.15, 0.2) is 11.9 Å². The molecule has 2 N–H and O–H groups in total. The minimum Gasteiger partial charge on any atom is -0.479 e. The zero-order valence-corrected chi connectivity index (χ0v) is 18.9. The normalized spacial score (nSPS) is 15.5. The van der Waals surface area contributed by atoms with Gasteiger partial charge < -0.3 is 9.47 Å². The number of ether oxygens (including phenoxy) is 2. The Hall–Kier alpha value is -1.72. The highest BCUT2D eigenvalue weighted by molar-refractivity contribution is 9.11. The fourth-order valence-corrected chi connectivity index (χ4v) is 5.67. The Bertz CT molecular complexity index is 1230. The molecule has 0 bridgehead atoms. The summed E-state index contributed by atoms with van der Waals surface area (Å²) in [6, 6.07) is 11.6. The van der Waals surface area contributed by atoms with Crippen molar-refractivity contribution in [3.8, 4) is 22.6 Å². The molecular weight excluding hydrogens is 524 g/mol. The molecule has 0 radical (unpaired) electrons. The molecule has 158 valence electrons. The number of hydrogen-bond donors (Lipinski definition) is 1. The van der Waals surface area contributed by atoms with Crippen LogP contribution in [0.1, 0.15) is 22.1 Å². The van der Waals surface area contributed by atoms with Crippen LogP contribution in [0.2, 0.25) is 5.02 Å². The van der Waals surface area contributed by atoms with Crippen LogP contribution < -0.4 is 14.6 Å². The van der Waals surface area contributed by atoms with Gasteiger partial charge >= 0.3 is 6.61 Å². The van der Waals surface area contributed by atoms with Gasteiger partial charge in [-0.15, -0.1) is 11.3 Å². The van der Waals surface area contributed by atoms with E-state index in [0.717, 1.165) is 8.66 Å². The van der Waals surface area contributed by atoms with E-state index < -0.39 is 22.7 Å². The smallest absolute Gasteiger partial charge is 0.387 e. The molecule has 1 unspecified atom stereocenters. The van der Waals surface area contributed by atoms with Gasteiger partial charge in [-0.2, -0.15) is 8.78 Å². The lowest BCUT2D eigenvalue weighted by Crippen LogP contribution is -2.18. The molecule has 1 aromatic heterocycles. The lowest BCUT2D eigenvalue weighted by Gasteiger charge is -2.30. The molecule has 4 rings (SSSR count). The molecule has 0 fully saturated rings. The van der Waals surface area contributed by atoms with E-state index in [9.17, 15) is 17.2 Å². The van der Waals surface area contributed by atoms with Gasteiger partial charge in [-0.25, -0.2) is 13.6 Å². The van der Waals surface area contributed by atoms with Crippen molar-refractivity contribution in [2.45, 2.75) is 18.5 Å². The van der Waals surface area contributed by atoms with Crippen molar-refractivity contribution >= 4 is 48.9 Å². The Morgan fingerprint density at radius 2 is 2.00 bits per heavy atom. The summed E-state index contributed by atoms with van der Waals surface area (Å²) >= 11 is 11.0. The maximum absolute atomic E-state index is 13.0. The molecule has 1 aliphatic heterocycles. The molecule has 11 heteroatoms. The second kappa shape index (κ2) is 8.08. The first-order valence-corrected chi connectivity index (χ1v) is 12.2. The van der Waals surface area contributed by atoms with Crippen molar-refractivity contribution in [3.63, 3.8) is 0 Å². The number of hydrogen-bond acceptors (Lipinski definition) is 5. The van der Waals surface area contributed by atoms with Crippen LogP contribution in [0.15, 0.2) is 46.3 Å². The maximum Gasteiger partial charge on any atom is 0.387 e. The summed E-state index contributed by atoms with van der Waals surface area (Å²) in [6.45, 7) is -3.08. The first-order chi connectivity index (χ1) is 14.1. The van der Waals surface area contributed by atoms with Crippen LogP contribution in [0.3, 0.4) is 0 Å². The molecule has 3 aromatic rings. The average Bonchev–Trinajstić information content (AvgIpc) is 3.07. The second-order valence-electron chi connectivity index (χ2n) is 6.50. The number of nitrogens with two attached hydrogens (primary N) is 1. The zero-order chi connectivity index (χ0) is 21.6. The molecule has 0 aliphatic carbocycles. The first-order valence-electron chi connectivity index (χ1n) is 8.45. The molecule has 30 heavy (non-hydrogen) atoms. The van der Waals surface area contributed by atoms with Crippen LogP contribution in [0.25, 0.3) is 11.1 Å². The zero-order valence-electron chi connectivity index (χ0n) is 14.9. The fraction of sp³-hybridized carbons (Fsp3) is 0.158. The monoisotopic (exact) mass is 535 g/mol. The molecule has 2 aromatic carbocycles. The van der Waals surface area contributed by atoms with Crippen LogP contribution in [0, 0.1) is 0 Å². The van der Waals surface area contributed by atoms with Crippen LogP contribution in [0.4, 0.5) is 8.78 Å². The van der Waals surface area contributed by atoms with Crippen LogP contribution >= 0.6 is 38.9 Å². The van der Waals surface area contributed by atoms with Crippen molar-refractivity contribution in [1.82, 2.24) is 0 Å². The Kier molecular flexibility index (Phi) is 5.80. The number of halogens is 4. The molecule has 1 atom stereocenters. The second-order valence-corrected chi connectivity index (χ2v) is 11.0. The summed E-state index contributed by atoms with van der Waals surface area (Å²) in [6.07, 6.45) is -0.579. The third kappa shape index (κ3) is 4.33. The molecule has 1 aliphatic rings. The molecule has 2 heterocycles. The predicted molar refractivity (Wildman–Crippen MR) is 115 cm³/mol. The standard InChI is InChI=1S/C19H13BrClF2NO4S2/c20-15-6-5-14(29-15)17-11-7-9(8-30(24,25)26)1-2-10(11)16-13(27-17)4-3-12(21)18(16)28-19(22)23/h1-7,17,19H,8H2,(H2,24,25,26). The minimum atomic E-state index is -3.76. The van der Waals surface area contributed by atoms with Crippen LogP contribution in [-0.2, 0) is 15.8 Å². The number of alkyl halides is 2. The van der Waals surface area contributed by atoms with Crippen LogP contribution in [-0.4, -0.2) is 15.0 Å². The van der Waals surface area contributed by atoms with E-state index in [1.807, 2.05) is 12.1 Å². The Labute approximate surface area is 188 Å². The topological polar surface area (TPSA) is 78.6 Å². The summed E-state index contributed by atoms with van der Waals surface area (Å²) in [4.78, 5) is 0.841. The number of rotatable bonds is 5. The average molecular weight is 537 g/mol. The summed E-state index contributed by atoms with van der Waals surface area (Å²) in [5, 5.41) is 5.19. The van der Waals surface area contributed by atoms with Crippen molar-refractivity contribution in [1.29, 1.82) is 0 Å². The van der Waals surface area contributed by atoms with Gasteiger partial charge in [0.05, 0.1) is 25.0 Å². The third-order valence-electron chi connectivity index (χ3n) is 4.41. The minimum absolute atomic E-state index is 0.00882. The summed E-state index contributed by atoms with van der Waals surface area (Å²) in [5.41, 5.74) is 1.88. The van der Waals surface area contributed by atoms with Gasteiger partial charge in [-0.3, -0.25) is 0 Å². The van der Waals surface area contributed by atoms with E-state index in [-0.39, 0.29) is 22.1 Å². The van der Waals surface area contributed by atoms with E-state index in [0.29, 0.717) is 22.4 Å². The molecule has 0 spiro atoms. The van der Waals surface area contributed by atoms with E-state index in [4.69, 9.17) is 26.2 Å². The van der Waals surface area contributed by atoms with Crippen LogP contribution in [0.5, 0.6) is 11.5 Å². The SMILES string of the molecule is NS(=O)(=O)Cc1ccc2c(c1)C(c1ccc(Br)s1)Oc1ccc(Cl)c(OC(F)F)c1-2. The summed E-state index contributed by atoms with van der Waals surface area (Å²) in [7, 11) is -3.76. The molecule has 0 saturated heterocycles. The summed E-state index contributed by atoms with van der Waals surface area (Å²) in [5.74, 6) is -0.240. The number of fused-ring (bicyclic) bond motifs is 3. The number of thiophene rings is 1. The third-order valence-corrected chi connectivity index (χ3v) is 7.11. The molecule has 5 nitrogen and oxygen atoms in total. The highest BCUT2D eigenvalue weighted by Gasteiger charge is 2.32. The van der Waals surface area contributed by atoms with Crippen molar-refractivity contribution < 1.29 is 26.7 Å². The highest BCUT2D eigenvalue weighted by Crippen LogP contribution is 2.52. The fourth-order valence-electron chi connectivity index (χ4n) is 3.35. The first kappa shape index (κ1) is 21.5. The predicted octanol–water partition coefficient (Wildman–Crippen LogP) is 5.70. The number of sulfonamides is 1. The van der Waals surface area contributed by atoms with Crippen molar-refractivity contribution in [3.05, 3.63) is 67.3 Å². The Morgan fingerprint density at radius 1 is 1.23 bits per heavy atom. The van der Waals surface area contributed by atoms with Crippen molar-refractivity contribution in [2.75, 3.05) is 0 Å². The quantitative estimate of drug-likeness (QED) is 0.454. The van der Waals surface area contributed by atoms with Gasteiger partial charge in [-0.05, 0) is 51.3 Å². The summed E-state index contributed by atoms with van der Waals surface area (Å²) < 4.78 is 60.9. The molecule has 0 saturated carbocycles. The molecule has 0 amide bonds. The largest absolute Gasteiger partial charge is 0.479 e. The highest BCUT2D eigenvalue weighted by atomic mass is 79.9. The van der Waals surface area contributed by atoms with Gasteiger partial charge in [0.2, 0.25) is 10.0 Å². The van der Waals surface area contributed by atoms with Gasteiger partial charge in [0.25, 0.3) is 0 Å². The maximum atomic E-state index is 13.0. The van der Waals surface area contributed by atoms with E-state index in [2.05, 4.69) is 15.9 Å². The number of primary sulfonamides is 1. The Morgan fingerprint density at radius 3 is 2.63 bits per heavy atom. The van der Waals surface area contributed by atoms with E-state index in [1.165, 1.54) is 17.4 Å². The lowest BCUT2D eigenvalue weighted by atomic mass is 9.90. The van der Waals surface area contributed by atoms with Gasteiger partial charge in [0, 0.05) is 5.56 Å². The van der Waals surface area contributed by atoms with Crippen molar-refractivity contribution in [2.24, 2.45) is 5.14 Å². The molecular formula is C19H13BrClF2NO4S2. The Balaban J connectivity index is 1.94. The number of benzene rings is 2. The van der Waals surface area contributed by atoms with E-state index >= 15 is 0 Å². The van der Waals surface area contributed by atoms with Gasteiger partial charge in [0.1, 0.15) is 5.75 Å². The van der Waals surface area contributed by atoms with Gasteiger partial charge in [-0.1, -0.05) is 29.8 Å².